The maximum atomic E-state index is 13.4. The Morgan fingerprint density at radius 3 is 2.74 bits per heavy atom. The fraction of sp³-hybridized carbons (Fsp3) is 0.500. The van der Waals surface area contributed by atoms with Gasteiger partial charge in [-0.3, -0.25) is 4.79 Å². The van der Waals surface area contributed by atoms with E-state index in [-0.39, 0.29) is 5.56 Å². The maximum Gasteiger partial charge on any atom is 0.254 e. The molecule has 1 aromatic carbocycles. The average Bonchev–Trinajstić information content (AvgIpc) is 2.39. The SMILES string of the molecule is CCCC(CCBr)CNC(=O)c1cccc(F)c1F. The van der Waals surface area contributed by atoms with Crippen molar-refractivity contribution < 1.29 is 13.6 Å². The summed E-state index contributed by atoms with van der Waals surface area (Å²) in [4.78, 5) is 11.8. The summed E-state index contributed by atoms with van der Waals surface area (Å²) in [5, 5.41) is 3.53. The third-order valence-corrected chi connectivity index (χ3v) is 3.42. The van der Waals surface area contributed by atoms with E-state index >= 15 is 0 Å². The Hall–Kier alpha value is -0.970. The van der Waals surface area contributed by atoms with Gasteiger partial charge in [0, 0.05) is 11.9 Å². The number of halogens is 3. The zero-order valence-corrected chi connectivity index (χ0v) is 12.5. The Morgan fingerprint density at radius 2 is 2.11 bits per heavy atom. The zero-order chi connectivity index (χ0) is 14.3. The van der Waals surface area contributed by atoms with Crippen LogP contribution in [0.1, 0.15) is 36.5 Å². The van der Waals surface area contributed by atoms with Crippen LogP contribution in [0.4, 0.5) is 8.78 Å². The van der Waals surface area contributed by atoms with Crippen LogP contribution in [0.2, 0.25) is 0 Å². The van der Waals surface area contributed by atoms with Crippen LogP contribution in [0.25, 0.3) is 0 Å². The van der Waals surface area contributed by atoms with Crippen LogP contribution in [0.15, 0.2) is 18.2 Å². The van der Waals surface area contributed by atoms with Crippen molar-refractivity contribution in [3.63, 3.8) is 0 Å². The highest BCUT2D eigenvalue weighted by Crippen LogP contribution is 2.14. The van der Waals surface area contributed by atoms with Gasteiger partial charge in [-0.25, -0.2) is 8.78 Å². The van der Waals surface area contributed by atoms with Gasteiger partial charge in [-0.15, -0.1) is 0 Å². The van der Waals surface area contributed by atoms with Crippen molar-refractivity contribution in [2.45, 2.75) is 26.2 Å². The average molecular weight is 334 g/mol. The number of rotatable bonds is 7. The van der Waals surface area contributed by atoms with E-state index in [9.17, 15) is 13.6 Å². The van der Waals surface area contributed by atoms with Crippen molar-refractivity contribution in [1.82, 2.24) is 5.32 Å². The van der Waals surface area contributed by atoms with Crippen molar-refractivity contribution in [1.29, 1.82) is 0 Å². The zero-order valence-electron chi connectivity index (χ0n) is 10.9. The van der Waals surface area contributed by atoms with Gasteiger partial charge in [-0.1, -0.05) is 35.3 Å². The van der Waals surface area contributed by atoms with Crippen LogP contribution >= 0.6 is 15.9 Å². The minimum atomic E-state index is -1.09. The van der Waals surface area contributed by atoms with E-state index in [4.69, 9.17) is 0 Å². The quantitative estimate of drug-likeness (QED) is 0.753. The second kappa shape index (κ2) is 8.25. The highest BCUT2D eigenvalue weighted by molar-refractivity contribution is 9.09. The lowest BCUT2D eigenvalue weighted by molar-refractivity contribution is 0.0941. The molecule has 1 atom stereocenters. The van der Waals surface area contributed by atoms with E-state index in [1.807, 2.05) is 0 Å². The van der Waals surface area contributed by atoms with Crippen LogP contribution in [0.3, 0.4) is 0 Å². The molecule has 0 saturated carbocycles. The van der Waals surface area contributed by atoms with Crippen molar-refractivity contribution in [2.75, 3.05) is 11.9 Å². The predicted octanol–water partition coefficient (Wildman–Crippen LogP) is 3.90. The highest BCUT2D eigenvalue weighted by atomic mass is 79.9. The number of nitrogens with one attached hydrogen (secondary N) is 1. The van der Waals surface area contributed by atoms with Crippen LogP contribution in [0.5, 0.6) is 0 Å². The lowest BCUT2D eigenvalue weighted by atomic mass is 10.0. The molecule has 0 saturated heterocycles. The first kappa shape index (κ1) is 16.1. The largest absolute Gasteiger partial charge is 0.352 e. The highest BCUT2D eigenvalue weighted by Gasteiger charge is 2.16. The van der Waals surface area contributed by atoms with E-state index in [0.29, 0.717) is 12.5 Å². The first-order valence-electron chi connectivity index (χ1n) is 6.38. The minimum absolute atomic E-state index is 0.242. The first-order valence-corrected chi connectivity index (χ1v) is 7.50. The van der Waals surface area contributed by atoms with Crippen molar-refractivity contribution in [3.8, 4) is 0 Å². The van der Waals surface area contributed by atoms with Gasteiger partial charge in [0.15, 0.2) is 11.6 Å². The number of hydrogen-bond donors (Lipinski definition) is 1. The van der Waals surface area contributed by atoms with Crippen LogP contribution in [-0.4, -0.2) is 17.8 Å². The molecule has 1 amide bonds. The summed E-state index contributed by atoms with van der Waals surface area (Å²) in [6, 6.07) is 3.61. The Morgan fingerprint density at radius 1 is 1.37 bits per heavy atom. The fourth-order valence-corrected chi connectivity index (χ4v) is 2.57. The number of alkyl halides is 1. The second-order valence-electron chi connectivity index (χ2n) is 4.44. The lowest BCUT2D eigenvalue weighted by Gasteiger charge is -2.15. The fourth-order valence-electron chi connectivity index (χ4n) is 1.92. The summed E-state index contributed by atoms with van der Waals surface area (Å²) in [6.45, 7) is 2.56. The van der Waals surface area contributed by atoms with E-state index in [1.165, 1.54) is 12.1 Å². The van der Waals surface area contributed by atoms with E-state index in [1.54, 1.807) is 0 Å². The number of benzene rings is 1. The molecule has 1 aromatic rings. The lowest BCUT2D eigenvalue weighted by Crippen LogP contribution is -2.30. The third kappa shape index (κ3) is 4.90. The van der Waals surface area contributed by atoms with E-state index in [2.05, 4.69) is 28.2 Å². The third-order valence-electron chi connectivity index (χ3n) is 2.96. The summed E-state index contributed by atoms with van der Waals surface area (Å²) in [7, 11) is 0. The molecule has 106 valence electrons. The van der Waals surface area contributed by atoms with Gasteiger partial charge in [0.05, 0.1) is 5.56 Å². The number of amides is 1. The minimum Gasteiger partial charge on any atom is -0.352 e. The molecule has 19 heavy (non-hydrogen) atoms. The number of hydrogen-bond acceptors (Lipinski definition) is 1. The Bertz CT molecular complexity index is 420. The van der Waals surface area contributed by atoms with Crippen LogP contribution < -0.4 is 5.32 Å². The van der Waals surface area contributed by atoms with Gasteiger partial charge >= 0.3 is 0 Å². The van der Waals surface area contributed by atoms with Crippen molar-refractivity contribution in [3.05, 3.63) is 35.4 Å². The molecule has 0 fully saturated rings. The van der Waals surface area contributed by atoms with Crippen molar-refractivity contribution >= 4 is 21.8 Å². The molecule has 0 aromatic heterocycles. The van der Waals surface area contributed by atoms with E-state index in [0.717, 1.165) is 30.7 Å². The van der Waals surface area contributed by atoms with Gasteiger partial charge in [0.25, 0.3) is 5.91 Å². The Kier molecular flexibility index (Phi) is 6.99. The molecule has 1 unspecified atom stereocenters. The van der Waals surface area contributed by atoms with Gasteiger partial charge in [-0.05, 0) is 30.9 Å². The monoisotopic (exact) mass is 333 g/mol. The van der Waals surface area contributed by atoms with Gasteiger partial charge in [-0.2, -0.15) is 0 Å². The molecule has 0 heterocycles. The van der Waals surface area contributed by atoms with Gasteiger partial charge < -0.3 is 5.32 Å². The normalized spacial score (nSPS) is 12.2. The smallest absolute Gasteiger partial charge is 0.254 e. The Balaban J connectivity index is 2.61. The molecule has 0 aliphatic heterocycles. The molecule has 1 rings (SSSR count). The molecular formula is C14H18BrF2NO. The molecule has 0 radical (unpaired) electrons. The molecule has 1 N–H and O–H groups in total. The number of carbonyl (C=O) groups is 1. The number of carbonyl (C=O) groups excluding carboxylic acids is 1. The van der Waals surface area contributed by atoms with Crippen molar-refractivity contribution in [2.24, 2.45) is 5.92 Å². The summed E-state index contributed by atoms with van der Waals surface area (Å²) in [6.07, 6.45) is 2.97. The maximum absolute atomic E-state index is 13.4. The van der Waals surface area contributed by atoms with E-state index < -0.39 is 17.5 Å². The Labute approximate surface area is 120 Å². The summed E-state index contributed by atoms with van der Waals surface area (Å²) < 4.78 is 26.4. The van der Waals surface area contributed by atoms with Gasteiger partial charge in [0.2, 0.25) is 0 Å². The topological polar surface area (TPSA) is 29.1 Å². The molecular weight excluding hydrogens is 316 g/mol. The van der Waals surface area contributed by atoms with Crippen LogP contribution in [0, 0.1) is 17.6 Å². The standard InChI is InChI=1S/C14H18BrF2NO/c1-2-4-10(7-8-15)9-18-14(19)11-5-3-6-12(16)13(11)17/h3,5-6,10H,2,4,7-9H2,1H3,(H,18,19). The molecule has 0 bridgehead atoms. The molecule has 2 nitrogen and oxygen atoms in total. The molecule has 0 aliphatic carbocycles. The molecule has 5 heteroatoms. The molecule has 0 spiro atoms. The second-order valence-corrected chi connectivity index (χ2v) is 5.24. The first-order chi connectivity index (χ1) is 9.10. The summed E-state index contributed by atoms with van der Waals surface area (Å²) in [5.74, 6) is -2.30. The summed E-state index contributed by atoms with van der Waals surface area (Å²) >= 11 is 3.37. The van der Waals surface area contributed by atoms with Crippen LogP contribution in [-0.2, 0) is 0 Å². The van der Waals surface area contributed by atoms with Gasteiger partial charge in [0.1, 0.15) is 0 Å². The molecule has 0 aliphatic rings. The summed E-state index contributed by atoms with van der Waals surface area (Å²) in [5.41, 5.74) is -0.242. The predicted molar refractivity (Wildman–Crippen MR) is 75.5 cm³/mol.